The van der Waals surface area contributed by atoms with Gasteiger partial charge in [-0.2, -0.15) is 13.2 Å². The lowest BCUT2D eigenvalue weighted by Gasteiger charge is -2.44. The summed E-state index contributed by atoms with van der Waals surface area (Å²) >= 11 is 0. The number of nitrogens with one attached hydrogen (secondary N) is 3. The van der Waals surface area contributed by atoms with Gasteiger partial charge in [-0.15, -0.1) is 0 Å². The van der Waals surface area contributed by atoms with Crippen molar-refractivity contribution in [1.82, 2.24) is 20.4 Å². The number of alkyl halides is 3. The Labute approximate surface area is 234 Å². The van der Waals surface area contributed by atoms with Crippen LogP contribution in [0.1, 0.15) is 88.1 Å². The molecular weight excluding hydrogens is 523 g/mol. The monoisotopic (exact) mass is 565 g/mol. The molecule has 40 heavy (non-hydrogen) atoms. The molecule has 2 aliphatic carbocycles. The van der Waals surface area contributed by atoms with Crippen molar-refractivity contribution in [2.24, 2.45) is 5.92 Å². The number of amides is 4. The van der Waals surface area contributed by atoms with Gasteiger partial charge >= 0.3 is 12.2 Å². The van der Waals surface area contributed by atoms with E-state index in [1.807, 2.05) is 4.90 Å². The third-order valence-electron chi connectivity index (χ3n) is 8.66. The van der Waals surface area contributed by atoms with Gasteiger partial charge in [0.05, 0.1) is 16.8 Å². The molecule has 8 nitrogen and oxygen atoms in total. The Hall–Kier alpha value is -2.82. The third-order valence-corrected chi connectivity index (χ3v) is 8.66. The maximum absolute atomic E-state index is 13.5. The summed E-state index contributed by atoms with van der Waals surface area (Å²) in [6.07, 6.45) is 2.30. The van der Waals surface area contributed by atoms with Gasteiger partial charge in [0.25, 0.3) is 5.91 Å². The molecule has 11 heteroatoms. The molecule has 1 aromatic carbocycles. The molecule has 3 aliphatic rings. The number of nitrogens with zero attached hydrogens (tertiary/aromatic N) is 2. The van der Waals surface area contributed by atoms with E-state index < -0.39 is 29.7 Å². The van der Waals surface area contributed by atoms with Crippen molar-refractivity contribution in [3.63, 3.8) is 0 Å². The van der Waals surface area contributed by atoms with E-state index in [-0.39, 0.29) is 29.2 Å². The molecule has 1 heterocycles. The van der Waals surface area contributed by atoms with Crippen LogP contribution >= 0.6 is 0 Å². The molecule has 0 unspecified atom stereocenters. The highest BCUT2D eigenvalue weighted by Gasteiger charge is 2.43. The van der Waals surface area contributed by atoms with E-state index in [9.17, 15) is 27.6 Å². The Kier molecular flexibility index (Phi) is 9.32. The largest absolute Gasteiger partial charge is 0.416 e. The minimum atomic E-state index is -4.67. The zero-order chi connectivity index (χ0) is 29.2. The van der Waals surface area contributed by atoms with E-state index in [2.05, 4.69) is 48.7 Å². The van der Waals surface area contributed by atoms with Crippen molar-refractivity contribution in [2.75, 3.05) is 18.9 Å². The molecule has 4 rings (SSSR count). The molecular formula is C29H42F3N5O3. The number of halogens is 3. The minimum Gasteiger partial charge on any atom is -0.340 e. The predicted octanol–water partition coefficient (Wildman–Crippen LogP) is 5.00. The molecule has 1 aromatic rings. The highest BCUT2D eigenvalue weighted by atomic mass is 19.4. The second-order valence-corrected chi connectivity index (χ2v) is 11.8. The lowest BCUT2D eigenvalue weighted by atomic mass is 9.77. The van der Waals surface area contributed by atoms with Crippen LogP contribution in [0.3, 0.4) is 0 Å². The van der Waals surface area contributed by atoms with E-state index in [4.69, 9.17) is 0 Å². The smallest absolute Gasteiger partial charge is 0.340 e. The van der Waals surface area contributed by atoms with Gasteiger partial charge < -0.3 is 25.8 Å². The molecule has 222 valence electrons. The first-order valence-corrected chi connectivity index (χ1v) is 14.5. The summed E-state index contributed by atoms with van der Waals surface area (Å²) in [5.74, 6) is -0.656. The zero-order valence-electron chi connectivity index (χ0n) is 23.8. The quantitative estimate of drug-likeness (QED) is 0.393. The van der Waals surface area contributed by atoms with Gasteiger partial charge in [-0.1, -0.05) is 13.3 Å². The topological polar surface area (TPSA) is 93.8 Å². The maximum Gasteiger partial charge on any atom is 0.416 e. The van der Waals surface area contributed by atoms with Crippen LogP contribution < -0.4 is 16.0 Å². The molecule has 1 saturated heterocycles. The number of benzene rings is 1. The van der Waals surface area contributed by atoms with E-state index in [0.29, 0.717) is 31.0 Å². The van der Waals surface area contributed by atoms with Gasteiger partial charge in [0, 0.05) is 30.7 Å². The fourth-order valence-electron chi connectivity index (χ4n) is 6.10. The van der Waals surface area contributed by atoms with Crippen LogP contribution in [0, 0.1) is 5.92 Å². The number of urea groups is 1. The summed E-state index contributed by atoms with van der Waals surface area (Å²) in [5, 5.41) is 7.87. The van der Waals surface area contributed by atoms with E-state index >= 15 is 0 Å². The van der Waals surface area contributed by atoms with Crippen molar-refractivity contribution in [3.8, 4) is 0 Å². The van der Waals surface area contributed by atoms with Crippen molar-refractivity contribution < 1.29 is 27.6 Å². The van der Waals surface area contributed by atoms with Crippen LogP contribution in [0.25, 0.3) is 0 Å². The summed E-state index contributed by atoms with van der Waals surface area (Å²) in [6, 6.07) is 2.24. The van der Waals surface area contributed by atoms with Crippen molar-refractivity contribution in [1.29, 1.82) is 0 Å². The van der Waals surface area contributed by atoms with Gasteiger partial charge in [-0.25, -0.2) is 4.79 Å². The molecule has 0 bridgehead atoms. The summed E-state index contributed by atoms with van der Waals surface area (Å²) in [7, 11) is 2.15. The number of carbonyl (C=O) groups excluding carboxylic acids is 3. The number of rotatable bonds is 9. The lowest BCUT2D eigenvalue weighted by Crippen LogP contribution is -2.51. The van der Waals surface area contributed by atoms with E-state index in [1.165, 1.54) is 0 Å². The second-order valence-electron chi connectivity index (χ2n) is 11.8. The van der Waals surface area contributed by atoms with E-state index in [0.717, 1.165) is 63.1 Å². The van der Waals surface area contributed by atoms with Crippen LogP contribution in [0.4, 0.5) is 23.7 Å². The molecule has 0 radical (unpaired) electrons. The Morgan fingerprint density at radius 3 is 2.45 bits per heavy atom. The van der Waals surface area contributed by atoms with E-state index in [1.54, 1.807) is 0 Å². The molecule has 3 N–H and O–H groups in total. The predicted molar refractivity (Wildman–Crippen MR) is 147 cm³/mol. The van der Waals surface area contributed by atoms with Gasteiger partial charge in [-0.3, -0.25) is 9.59 Å². The summed E-state index contributed by atoms with van der Waals surface area (Å²) in [6.45, 7) is 7.01. The maximum atomic E-state index is 13.5. The van der Waals surface area contributed by atoms with Crippen molar-refractivity contribution in [3.05, 3.63) is 29.3 Å². The Morgan fingerprint density at radius 2 is 1.82 bits per heavy atom. The second kappa shape index (κ2) is 12.4. The lowest BCUT2D eigenvalue weighted by molar-refractivity contribution is -0.137. The Bertz CT molecular complexity index is 1090. The molecule has 1 aliphatic heterocycles. The van der Waals surface area contributed by atoms with Crippen LogP contribution in [0.2, 0.25) is 0 Å². The van der Waals surface area contributed by atoms with Gasteiger partial charge in [0.2, 0.25) is 5.91 Å². The van der Waals surface area contributed by atoms with Crippen molar-refractivity contribution >= 4 is 23.5 Å². The highest BCUT2D eigenvalue weighted by molar-refractivity contribution is 6.05. The summed E-state index contributed by atoms with van der Waals surface area (Å²) < 4.78 is 40.4. The Balaban J connectivity index is 1.46. The number of hydrogen-bond donors (Lipinski definition) is 3. The van der Waals surface area contributed by atoms with Crippen LogP contribution in [-0.4, -0.2) is 71.4 Å². The average molecular weight is 566 g/mol. The van der Waals surface area contributed by atoms with Gasteiger partial charge in [0.15, 0.2) is 0 Å². The number of likely N-dealkylation sites (tertiary alicyclic amines) is 1. The number of anilines is 1. The number of carbonyl (C=O) groups is 3. The molecule has 4 atom stereocenters. The first-order valence-electron chi connectivity index (χ1n) is 14.5. The SMILES string of the molecule is CCC[C@H]1C[C@H](N(C)C(C)C)CC[C@@H]1N1CC[C@H](NC(=O)c2cc(C(F)(F)F)ccc2NC(=O)NC2CC2)C1=O. The fourth-order valence-corrected chi connectivity index (χ4v) is 6.10. The molecule has 2 saturated carbocycles. The highest BCUT2D eigenvalue weighted by Crippen LogP contribution is 2.37. The van der Waals surface area contributed by atoms with Gasteiger partial charge in [-0.05, 0) is 90.0 Å². The zero-order valence-corrected chi connectivity index (χ0v) is 23.8. The molecule has 3 fully saturated rings. The Morgan fingerprint density at radius 1 is 1.10 bits per heavy atom. The minimum absolute atomic E-state index is 0.0335. The first-order chi connectivity index (χ1) is 18.9. The normalized spacial score (nSPS) is 25.4. The fraction of sp³-hybridized carbons (Fsp3) is 0.690. The number of hydrogen-bond acceptors (Lipinski definition) is 4. The third kappa shape index (κ3) is 7.08. The van der Waals surface area contributed by atoms with Gasteiger partial charge in [0.1, 0.15) is 6.04 Å². The average Bonchev–Trinajstić information content (AvgIpc) is 3.64. The molecule has 4 amide bonds. The van der Waals surface area contributed by atoms with Crippen molar-refractivity contribution in [2.45, 2.75) is 109 Å². The van der Waals surface area contributed by atoms with Crippen LogP contribution in [0.5, 0.6) is 0 Å². The summed E-state index contributed by atoms with van der Waals surface area (Å²) in [4.78, 5) is 43.3. The first kappa shape index (κ1) is 30.1. The van der Waals surface area contributed by atoms with Crippen LogP contribution in [0.15, 0.2) is 18.2 Å². The molecule has 0 aromatic heterocycles. The summed E-state index contributed by atoms with van der Waals surface area (Å²) in [5.41, 5.74) is -1.37. The van der Waals surface area contributed by atoms with Crippen LogP contribution in [-0.2, 0) is 11.0 Å². The molecule has 0 spiro atoms. The standard InChI is InChI=1S/C29H42F3N5O3/c1-5-6-18-15-21(36(4)17(2)3)10-12-25(18)37-14-13-24(27(37)39)34-26(38)22-16-19(29(30,31)32)7-11-23(22)35-28(40)33-20-8-9-20/h7,11,16-18,20-21,24-25H,5-6,8-10,12-15H2,1-4H3,(H,34,38)(H2,33,35,40)/t18-,21+,24-,25-/m0/s1.